The van der Waals surface area contributed by atoms with Crippen LogP contribution in [0.15, 0.2) is 42.5 Å². The number of amides is 4. The quantitative estimate of drug-likeness (QED) is 0.779. The number of benzene rings is 2. The summed E-state index contributed by atoms with van der Waals surface area (Å²) >= 11 is 0. The largest absolute Gasteiger partial charge is 0.497 e. The first-order valence-electron chi connectivity index (χ1n) is 8.91. The lowest BCUT2D eigenvalue weighted by Crippen LogP contribution is -2.48. The van der Waals surface area contributed by atoms with E-state index in [1.807, 2.05) is 32.0 Å². The fourth-order valence-corrected chi connectivity index (χ4v) is 3.13. The Kier molecular flexibility index (Phi) is 5.09. The highest BCUT2D eigenvalue weighted by Gasteiger charge is 2.50. The predicted molar refractivity (Wildman–Crippen MR) is 103 cm³/mol. The maximum atomic E-state index is 12.9. The zero-order valence-electron chi connectivity index (χ0n) is 16.3. The highest BCUT2D eigenvalue weighted by atomic mass is 16.5. The minimum absolute atomic E-state index is 0.0635. The molecule has 7 heteroatoms. The number of methoxy groups -OCH3 is 1. The number of carbonyl (C=O) groups excluding carboxylic acids is 3. The van der Waals surface area contributed by atoms with E-state index in [4.69, 9.17) is 4.74 Å². The highest BCUT2D eigenvalue weighted by Crippen LogP contribution is 2.30. The van der Waals surface area contributed by atoms with Gasteiger partial charge in [0.25, 0.3) is 5.91 Å². The van der Waals surface area contributed by atoms with E-state index in [0.29, 0.717) is 11.3 Å². The first-order chi connectivity index (χ1) is 13.2. The van der Waals surface area contributed by atoms with E-state index in [-0.39, 0.29) is 6.42 Å². The van der Waals surface area contributed by atoms with Crippen molar-refractivity contribution in [3.63, 3.8) is 0 Å². The maximum absolute atomic E-state index is 12.9. The lowest BCUT2D eigenvalue weighted by molar-refractivity contribution is -0.138. The number of nitrogens with one attached hydrogen (secondary N) is 2. The molecular formula is C21H23N3O4. The number of hydrogen-bond donors (Lipinski definition) is 2. The minimum atomic E-state index is -1.29. The number of imide groups is 1. The number of urea groups is 1. The second kappa shape index (κ2) is 7.34. The van der Waals surface area contributed by atoms with Gasteiger partial charge in [-0.1, -0.05) is 30.3 Å². The van der Waals surface area contributed by atoms with Crippen LogP contribution in [0.2, 0.25) is 0 Å². The minimum Gasteiger partial charge on any atom is -0.497 e. The topological polar surface area (TPSA) is 87.7 Å². The number of nitrogens with zero attached hydrogens (tertiary/aromatic N) is 1. The van der Waals surface area contributed by atoms with Gasteiger partial charge >= 0.3 is 6.03 Å². The summed E-state index contributed by atoms with van der Waals surface area (Å²) in [4.78, 5) is 37.7. The molecule has 0 radical (unpaired) electrons. The second-order valence-corrected chi connectivity index (χ2v) is 7.06. The summed E-state index contributed by atoms with van der Waals surface area (Å²) in [7, 11) is 1.52. The molecule has 0 unspecified atom stereocenters. The van der Waals surface area contributed by atoms with Crippen LogP contribution >= 0.6 is 0 Å². The SMILES string of the molecule is COc1cccc([C@@]2(C)NC(=O)N(NC(=O)Cc3ccc(C)c(C)c3)C2=O)c1. The van der Waals surface area contributed by atoms with Crippen molar-refractivity contribution < 1.29 is 19.1 Å². The zero-order valence-corrected chi connectivity index (χ0v) is 16.3. The average molecular weight is 381 g/mol. The Labute approximate surface area is 163 Å². The average Bonchev–Trinajstić information content (AvgIpc) is 2.89. The molecule has 7 nitrogen and oxygen atoms in total. The molecule has 1 aliphatic heterocycles. The molecule has 0 bridgehead atoms. The third-order valence-corrected chi connectivity index (χ3v) is 5.01. The fraction of sp³-hybridized carbons (Fsp3) is 0.286. The summed E-state index contributed by atoms with van der Waals surface area (Å²) < 4.78 is 5.19. The van der Waals surface area contributed by atoms with Gasteiger partial charge in [-0.2, -0.15) is 5.01 Å². The van der Waals surface area contributed by atoms with E-state index >= 15 is 0 Å². The van der Waals surface area contributed by atoms with Crippen LogP contribution in [0.5, 0.6) is 5.75 Å². The summed E-state index contributed by atoms with van der Waals surface area (Å²) in [6.45, 7) is 5.55. The molecule has 1 aliphatic rings. The molecule has 1 fully saturated rings. The van der Waals surface area contributed by atoms with Crippen LogP contribution in [0.3, 0.4) is 0 Å². The first kappa shape index (κ1) is 19.4. The first-order valence-corrected chi connectivity index (χ1v) is 8.91. The van der Waals surface area contributed by atoms with Crippen LogP contribution in [0.4, 0.5) is 4.79 Å². The van der Waals surface area contributed by atoms with E-state index < -0.39 is 23.4 Å². The number of carbonyl (C=O) groups is 3. The van der Waals surface area contributed by atoms with E-state index in [9.17, 15) is 14.4 Å². The molecule has 4 amide bonds. The van der Waals surface area contributed by atoms with Gasteiger partial charge in [0.15, 0.2) is 0 Å². The Balaban J connectivity index is 1.75. The van der Waals surface area contributed by atoms with Gasteiger partial charge in [0.05, 0.1) is 13.5 Å². The predicted octanol–water partition coefficient (Wildman–Crippen LogP) is 2.35. The van der Waals surface area contributed by atoms with Crippen molar-refractivity contribution in [2.45, 2.75) is 32.7 Å². The van der Waals surface area contributed by atoms with Gasteiger partial charge < -0.3 is 10.1 Å². The molecule has 0 aliphatic carbocycles. The van der Waals surface area contributed by atoms with Crippen molar-refractivity contribution in [2.24, 2.45) is 0 Å². The summed E-state index contributed by atoms with van der Waals surface area (Å²) in [5.41, 5.74) is 4.70. The molecule has 1 atom stereocenters. The van der Waals surface area contributed by atoms with Crippen LogP contribution in [-0.4, -0.2) is 30.0 Å². The maximum Gasteiger partial charge on any atom is 0.344 e. The summed E-state index contributed by atoms with van der Waals surface area (Å²) in [6.07, 6.45) is 0.0635. The van der Waals surface area contributed by atoms with Crippen LogP contribution in [0.25, 0.3) is 0 Å². The van der Waals surface area contributed by atoms with Crippen molar-refractivity contribution in [3.8, 4) is 5.75 Å². The molecule has 0 spiro atoms. The molecule has 0 aromatic heterocycles. The van der Waals surface area contributed by atoms with Crippen LogP contribution < -0.4 is 15.5 Å². The Morgan fingerprint density at radius 3 is 2.57 bits per heavy atom. The third kappa shape index (κ3) is 3.55. The third-order valence-electron chi connectivity index (χ3n) is 5.01. The Morgan fingerprint density at radius 2 is 1.89 bits per heavy atom. The number of rotatable bonds is 5. The van der Waals surface area contributed by atoms with Crippen molar-refractivity contribution in [2.75, 3.05) is 7.11 Å². The normalized spacial score (nSPS) is 18.8. The Bertz CT molecular complexity index is 956. The summed E-state index contributed by atoms with van der Waals surface area (Å²) in [5, 5.41) is 3.39. The van der Waals surface area contributed by atoms with Crippen LogP contribution in [0, 0.1) is 13.8 Å². The molecule has 2 aromatic carbocycles. The number of ether oxygens (including phenoxy) is 1. The Hall–Kier alpha value is -3.35. The van der Waals surface area contributed by atoms with E-state index in [1.165, 1.54) is 7.11 Å². The molecule has 2 aromatic rings. The van der Waals surface area contributed by atoms with Crippen molar-refractivity contribution in [3.05, 3.63) is 64.7 Å². The standard InChI is InChI=1S/C21H23N3O4/c1-13-8-9-15(10-14(13)2)11-18(25)23-24-19(26)21(3,22-20(24)27)16-6-5-7-17(12-16)28-4/h5-10,12H,11H2,1-4H3,(H,22,27)(H,23,25)/t21-/m1/s1. The molecule has 1 heterocycles. The lowest BCUT2D eigenvalue weighted by atomic mass is 9.92. The Morgan fingerprint density at radius 1 is 1.14 bits per heavy atom. The van der Waals surface area contributed by atoms with Crippen molar-refractivity contribution >= 4 is 17.8 Å². The molecule has 2 N–H and O–H groups in total. The lowest BCUT2D eigenvalue weighted by Gasteiger charge is -2.22. The molecule has 1 saturated heterocycles. The van der Waals surface area contributed by atoms with Crippen molar-refractivity contribution in [1.82, 2.24) is 15.8 Å². The zero-order chi connectivity index (χ0) is 20.5. The number of aryl methyl sites for hydroxylation is 2. The number of hydrazine groups is 1. The molecular weight excluding hydrogens is 358 g/mol. The van der Waals surface area contributed by atoms with Gasteiger partial charge in [-0.15, -0.1) is 0 Å². The molecule has 146 valence electrons. The van der Waals surface area contributed by atoms with Crippen LogP contribution in [-0.2, 0) is 21.5 Å². The molecule has 0 saturated carbocycles. The van der Waals surface area contributed by atoms with Crippen molar-refractivity contribution in [1.29, 1.82) is 0 Å². The summed E-state index contributed by atoms with van der Waals surface area (Å²) in [6, 6.07) is 11.9. The highest BCUT2D eigenvalue weighted by molar-refractivity contribution is 6.08. The van der Waals surface area contributed by atoms with Gasteiger partial charge in [-0.3, -0.25) is 15.0 Å². The summed E-state index contributed by atoms with van der Waals surface area (Å²) in [5.74, 6) is -0.432. The van der Waals surface area contributed by atoms with E-state index in [1.54, 1.807) is 31.2 Å². The molecule has 28 heavy (non-hydrogen) atoms. The van der Waals surface area contributed by atoms with Gasteiger partial charge in [-0.05, 0) is 55.2 Å². The van der Waals surface area contributed by atoms with Gasteiger partial charge in [0.1, 0.15) is 11.3 Å². The van der Waals surface area contributed by atoms with Crippen LogP contribution in [0.1, 0.15) is 29.2 Å². The number of hydrogen-bond acceptors (Lipinski definition) is 4. The van der Waals surface area contributed by atoms with E-state index in [2.05, 4.69) is 10.7 Å². The molecule has 3 rings (SSSR count). The van der Waals surface area contributed by atoms with Gasteiger partial charge in [0.2, 0.25) is 5.91 Å². The smallest absolute Gasteiger partial charge is 0.344 e. The fourth-order valence-electron chi connectivity index (χ4n) is 3.13. The van der Waals surface area contributed by atoms with Gasteiger partial charge in [0, 0.05) is 0 Å². The van der Waals surface area contributed by atoms with Gasteiger partial charge in [-0.25, -0.2) is 4.79 Å². The monoisotopic (exact) mass is 381 g/mol. The van der Waals surface area contributed by atoms with E-state index in [0.717, 1.165) is 21.7 Å². The second-order valence-electron chi connectivity index (χ2n) is 7.06.